The van der Waals surface area contributed by atoms with E-state index < -0.39 is 0 Å². The van der Waals surface area contributed by atoms with Gasteiger partial charge < -0.3 is 5.32 Å². The molecule has 1 amide bonds. The third-order valence-corrected chi connectivity index (χ3v) is 6.56. The number of unbranched alkanes of at least 4 members (excludes halogenated alkanes) is 1. The Morgan fingerprint density at radius 1 is 1.07 bits per heavy atom. The largest absolute Gasteiger partial charge is 0.351 e. The molecule has 1 aromatic carbocycles. The van der Waals surface area contributed by atoms with Crippen LogP contribution in [0.25, 0.3) is 0 Å². The maximum absolute atomic E-state index is 12.4. The van der Waals surface area contributed by atoms with E-state index in [0.717, 1.165) is 38.8 Å². The van der Waals surface area contributed by atoms with Gasteiger partial charge in [-0.3, -0.25) is 4.79 Å². The van der Waals surface area contributed by atoms with Gasteiger partial charge in [-0.05, 0) is 43.7 Å². The van der Waals surface area contributed by atoms with E-state index in [1.165, 1.54) is 4.88 Å². The highest BCUT2D eigenvalue weighted by Gasteiger charge is 2.21. The van der Waals surface area contributed by atoms with Crippen molar-refractivity contribution in [2.24, 2.45) is 4.99 Å². The molecule has 0 radical (unpaired) electrons. The molecule has 30 heavy (non-hydrogen) atoms. The number of fused-ring (bicyclic) bond motifs is 2. The van der Waals surface area contributed by atoms with E-state index in [4.69, 9.17) is 4.99 Å². The summed E-state index contributed by atoms with van der Waals surface area (Å²) >= 11 is 3.37. The maximum Gasteiger partial charge on any atom is 0.269 e. The first kappa shape index (κ1) is 22.2. The Balaban J connectivity index is 0.00000111. The molecule has 3 aromatic rings. The molecule has 2 aromatic heterocycles. The van der Waals surface area contributed by atoms with E-state index >= 15 is 0 Å². The molecule has 4 nitrogen and oxygen atoms in total. The number of thiophene rings is 1. The number of carbonyl (C=O) groups excluding carboxylic acids is 1. The van der Waals surface area contributed by atoms with Gasteiger partial charge >= 0.3 is 0 Å². The molecule has 0 bridgehead atoms. The molecule has 0 spiro atoms. The Bertz CT molecular complexity index is 1060. The SMILES string of the molecule is CC.CCCCNC(=O)c1ccc2c(n1)N=C(c1ccc(C)s1)c1ccccc1S2.[HH]. The highest BCUT2D eigenvalue weighted by Crippen LogP contribution is 2.40. The van der Waals surface area contributed by atoms with Crippen molar-refractivity contribution in [3.8, 4) is 0 Å². The van der Waals surface area contributed by atoms with Crippen LogP contribution < -0.4 is 5.32 Å². The van der Waals surface area contributed by atoms with E-state index in [-0.39, 0.29) is 7.33 Å². The molecular weight excluding hydrogens is 410 g/mol. The monoisotopic (exact) mass is 439 g/mol. The lowest BCUT2D eigenvalue weighted by Crippen LogP contribution is -2.25. The summed E-state index contributed by atoms with van der Waals surface area (Å²) in [6.07, 6.45) is 2.00. The summed E-state index contributed by atoms with van der Waals surface area (Å²) in [6, 6.07) is 16.2. The van der Waals surface area contributed by atoms with Crippen LogP contribution in [-0.2, 0) is 0 Å². The highest BCUT2D eigenvalue weighted by molar-refractivity contribution is 7.99. The molecule has 0 atom stereocenters. The number of aliphatic imine (C=N–C) groups is 1. The summed E-state index contributed by atoms with van der Waals surface area (Å²) in [5, 5.41) is 2.93. The first-order valence-corrected chi connectivity index (χ1v) is 12.0. The lowest BCUT2D eigenvalue weighted by molar-refractivity contribution is 0.0948. The normalized spacial score (nSPS) is 11.9. The number of carbonyl (C=O) groups is 1. The van der Waals surface area contributed by atoms with E-state index in [1.54, 1.807) is 29.2 Å². The van der Waals surface area contributed by atoms with Crippen LogP contribution in [-0.4, -0.2) is 23.1 Å². The van der Waals surface area contributed by atoms with Gasteiger partial charge in [0.1, 0.15) is 5.69 Å². The fraction of sp³-hybridized carbons (Fsp3) is 0.292. The molecule has 1 N–H and O–H groups in total. The molecule has 3 heterocycles. The first-order valence-electron chi connectivity index (χ1n) is 10.4. The van der Waals surface area contributed by atoms with Gasteiger partial charge in [-0.2, -0.15) is 0 Å². The molecule has 0 saturated carbocycles. The van der Waals surface area contributed by atoms with Gasteiger partial charge in [-0.25, -0.2) is 9.98 Å². The summed E-state index contributed by atoms with van der Waals surface area (Å²) in [6.45, 7) is 8.86. The third kappa shape index (κ3) is 4.99. The van der Waals surface area contributed by atoms with Crippen LogP contribution in [0.5, 0.6) is 0 Å². The van der Waals surface area contributed by atoms with Gasteiger partial charge in [0.05, 0.1) is 15.5 Å². The number of aromatic nitrogens is 1. The number of benzene rings is 1. The Hall–Kier alpha value is -2.44. The molecule has 0 aliphatic carbocycles. The van der Waals surface area contributed by atoms with Crippen LogP contribution in [0.1, 0.15) is 60.8 Å². The van der Waals surface area contributed by atoms with Crippen molar-refractivity contribution in [1.82, 2.24) is 10.3 Å². The van der Waals surface area contributed by atoms with Crippen LogP contribution in [0, 0.1) is 6.92 Å². The first-order chi connectivity index (χ1) is 14.7. The smallest absolute Gasteiger partial charge is 0.269 e. The minimum atomic E-state index is -0.147. The van der Waals surface area contributed by atoms with Gasteiger partial charge in [0.25, 0.3) is 5.91 Å². The summed E-state index contributed by atoms with van der Waals surface area (Å²) < 4.78 is 0. The molecular formula is C24H29N3OS2. The second kappa shape index (κ2) is 10.5. The van der Waals surface area contributed by atoms with Crippen molar-refractivity contribution in [2.45, 2.75) is 50.3 Å². The van der Waals surface area contributed by atoms with Crippen molar-refractivity contribution in [1.29, 1.82) is 0 Å². The molecule has 158 valence electrons. The minimum Gasteiger partial charge on any atom is -0.351 e. The lowest BCUT2D eigenvalue weighted by atomic mass is 10.1. The molecule has 0 fully saturated rings. The van der Waals surface area contributed by atoms with Crippen LogP contribution in [0.3, 0.4) is 0 Å². The Morgan fingerprint density at radius 3 is 2.60 bits per heavy atom. The van der Waals surface area contributed by atoms with Crippen molar-refractivity contribution in [2.75, 3.05) is 6.54 Å². The molecule has 1 aliphatic heterocycles. The second-order valence-corrected chi connectivity index (χ2v) is 8.97. The fourth-order valence-corrected chi connectivity index (χ4v) is 4.82. The topological polar surface area (TPSA) is 54.4 Å². The van der Waals surface area contributed by atoms with Crippen LogP contribution in [0.15, 0.2) is 63.3 Å². The van der Waals surface area contributed by atoms with Crippen LogP contribution >= 0.6 is 23.1 Å². The number of hydrogen-bond acceptors (Lipinski definition) is 5. The zero-order valence-corrected chi connectivity index (χ0v) is 19.5. The average molecular weight is 440 g/mol. The fourth-order valence-electron chi connectivity index (χ4n) is 2.98. The average Bonchev–Trinajstić information content (AvgIpc) is 3.13. The minimum absolute atomic E-state index is 0. The zero-order chi connectivity index (χ0) is 21.5. The molecule has 1 aliphatic rings. The van der Waals surface area contributed by atoms with Crippen molar-refractivity contribution in [3.63, 3.8) is 0 Å². The van der Waals surface area contributed by atoms with E-state index in [1.807, 2.05) is 32.0 Å². The van der Waals surface area contributed by atoms with Crippen molar-refractivity contribution in [3.05, 3.63) is 69.5 Å². The summed E-state index contributed by atoms with van der Waals surface area (Å²) in [4.78, 5) is 26.4. The van der Waals surface area contributed by atoms with Gasteiger partial charge in [0.15, 0.2) is 5.82 Å². The van der Waals surface area contributed by atoms with Crippen LogP contribution in [0.2, 0.25) is 0 Å². The molecule has 4 rings (SSSR count). The number of hydrogen-bond donors (Lipinski definition) is 1. The number of nitrogens with zero attached hydrogens (tertiary/aromatic N) is 2. The van der Waals surface area contributed by atoms with E-state index in [0.29, 0.717) is 18.1 Å². The Labute approximate surface area is 188 Å². The number of nitrogens with one attached hydrogen (secondary N) is 1. The second-order valence-electron chi connectivity index (χ2n) is 6.60. The van der Waals surface area contributed by atoms with E-state index in [9.17, 15) is 4.79 Å². The molecule has 0 unspecified atom stereocenters. The van der Waals surface area contributed by atoms with E-state index in [2.05, 4.69) is 48.4 Å². The Morgan fingerprint density at radius 2 is 1.87 bits per heavy atom. The standard InChI is InChI=1S/C22H21N3OS2.C2H6.H2/c1-3-4-13-23-22(26)16-10-12-19-21(24-16)25-20(18-11-9-14(2)27-18)15-7-5-6-8-17(15)28-19;1-2;/h5-12H,3-4,13H2,1-2H3,(H,23,26);1-2H3;1H. The van der Waals surface area contributed by atoms with Gasteiger partial charge in [-0.15, -0.1) is 11.3 Å². The zero-order valence-electron chi connectivity index (χ0n) is 17.9. The summed E-state index contributed by atoms with van der Waals surface area (Å²) in [7, 11) is 0. The maximum atomic E-state index is 12.4. The van der Waals surface area contributed by atoms with Crippen molar-refractivity contribution >= 4 is 40.5 Å². The Kier molecular flexibility index (Phi) is 7.82. The molecule has 6 heteroatoms. The summed E-state index contributed by atoms with van der Waals surface area (Å²) in [5.41, 5.74) is 2.42. The van der Waals surface area contributed by atoms with Crippen molar-refractivity contribution < 1.29 is 6.22 Å². The highest BCUT2D eigenvalue weighted by atomic mass is 32.2. The van der Waals surface area contributed by atoms with Gasteiger partial charge in [-0.1, -0.05) is 57.2 Å². The number of pyridine rings is 1. The number of amides is 1. The lowest BCUT2D eigenvalue weighted by Gasteiger charge is -2.07. The predicted molar refractivity (Wildman–Crippen MR) is 130 cm³/mol. The van der Waals surface area contributed by atoms with Gasteiger partial charge in [0, 0.05) is 23.3 Å². The van der Waals surface area contributed by atoms with Gasteiger partial charge in [0.2, 0.25) is 0 Å². The van der Waals surface area contributed by atoms with Crippen LogP contribution in [0.4, 0.5) is 5.82 Å². The summed E-state index contributed by atoms with van der Waals surface area (Å²) in [5.74, 6) is 0.456. The number of aryl methyl sites for hydroxylation is 1. The molecule has 0 saturated heterocycles. The quantitative estimate of drug-likeness (QED) is 0.345. The predicted octanol–water partition coefficient (Wildman–Crippen LogP) is 6.89. The third-order valence-electron chi connectivity index (χ3n) is 4.44. The number of rotatable bonds is 5.